The Labute approximate surface area is 144 Å². The standard InChI is InChI=1S/C22H26O2/c23-16-6-15-22(13-4-5-14-22)24-18-21-11-9-20(10-12-21)17-19-7-2-1-3-8-19/h1-3,7-12,16H,4-6,13-15,17-18H2. The van der Waals surface area contributed by atoms with Crippen LogP contribution in [0.2, 0.25) is 0 Å². The van der Waals surface area contributed by atoms with Crippen molar-refractivity contribution in [1.82, 2.24) is 0 Å². The minimum absolute atomic E-state index is 0.0659. The maximum absolute atomic E-state index is 10.7. The van der Waals surface area contributed by atoms with Gasteiger partial charge in [-0.15, -0.1) is 0 Å². The Morgan fingerprint density at radius 2 is 1.50 bits per heavy atom. The third-order valence-electron chi connectivity index (χ3n) is 5.05. The molecule has 2 aromatic rings. The number of rotatable bonds is 8. The van der Waals surface area contributed by atoms with Crippen LogP contribution in [0, 0.1) is 0 Å². The molecule has 2 nitrogen and oxygen atoms in total. The summed E-state index contributed by atoms with van der Waals surface area (Å²) in [6.45, 7) is 0.643. The predicted molar refractivity (Wildman–Crippen MR) is 97.0 cm³/mol. The molecule has 0 spiro atoms. The first-order valence-electron chi connectivity index (χ1n) is 8.99. The molecule has 0 N–H and O–H groups in total. The molecule has 0 radical (unpaired) electrons. The number of carbonyl (C=O) groups excluding carboxylic acids is 1. The van der Waals surface area contributed by atoms with Crippen LogP contribution in [0.3, 0.4) is 0 Å². The van der Waals surface area contributed by atoms with E-state index in [1.165, 1.54) is 29.5 Å². The van der Waals surface area contributed by atoms with Gasteiger partial charge in [-0.05, 0) is 42.4 Å². The van der Waals surface area contributed by atoms with Gasteiger partial charge in [0.05, 0.1) is 12.2 Å². The molecule has 2 aromatic carbocycles. The predicted octanol–water partition coefficient (Wildman–Crippen LogP) is 5.09. The first-order valence-corrected chi connectivity index (χ1v) is 8.99. The molecule has 0 aromatic heterocycles. The summed E-state index contributed by atoms with van der Waals surface area (Å²) < 4.78 is 6.28. The Kier molecular flexibility index (Phi) is 5.81. The first-order chi connectivity index (χ1) is 11.8. The van der Waals surface area contributed by atoms with E-state index in [2.05, 4.69) is 48.5 Å². The fraction of sp³-hybridized carbons (Fsp3) is 0.409. The van der Waals surface area contributed by atoms with Gasteiger partial charge in [0.1, 0.15) is 6.29 Å². The number of hydrogen-bond donors (Lipinski definition) is 0. The molecular weight excluding hydrogens is 296 g/mol. The van der Waals surface area contributed by atoms with Crippen molar-refractivity contribution in [3.63, 3.8) is 0 Å². The van der Waals surface area contributed by atoms with Gasteiger partial charge >= 0.3 is 0 Å². The maximum Gasteiger partial charge on any atom is 0.120 e. The molecule has 1 aliphatic rings. The highest BCUT2D eigenvalue weighted by atomic mass is 16.5. The molecule has 0 unspecified atom stereocenters. The average Bonchev–Trinajstić information content (AvgIpc) is 3.10. The van der Waals surface area contributed by atoms with Crippen molar-refractivity contribution < 1.29 is 9.53 Å². The van der Waals surface area contributed by atoms with Crippen LogP contribution in [0.15, 0.2) is 54.6 Å². The normalized spacial score (nSPS) is 16.2. The van der Waals surface area contributed by atoms with E-state index < -0.39 is 0 Å². The summed E-state index contributed by atoms with van der Waals surface area (Å²) in [5.74, 6) is 0. The summed E-state index contributed by atoms with van der Waals surface area (Å²) in [5.41, 5.74) is 3.80. The molecule has 24 heavy (non-hydrogen) atoms. The maximum atomic E-state index is 10.7. The third-order valence-corrected chi connectivity index (χ3v) is 5.05. The van der Waals surface area contributed by atoms with Gasteiger partial charge in [-0.1, -0.05) is 67.4 Å². The minimum atomic E-state index is -0.0659. The molecule has 1 saturated carbocycles. The fourth-order valence-corrected chi connectivity index (χ4v) is 3.63. The van der Waals surface area contributed by atoms with Crippen molar-refractivity contribution in [2.75, 3.05) is 0 Å². The van der Waals surface area contributed by atoms with E-state index in [-0.39, 0.29) is 5.60 Å². The Balaban J connectivity index is 1.56. The van der Waals surface area contributed by atoms with Crippen LogP contribution in [0.4, 0.5) is 0 Å². The summed E-state index contributed by atoms with van der Waals surface area (Å²) in [6.07, 6.45) is 8.06. The van der Waals surface area contributed by atoms with E-state index in [1.54, 1.807) is 0 Å². The van der Waals surface area contributed by atoms with Crippen molar-refractivity contribution >= 4 is 6.29 Å². The molecule has 0 saturated heterocycles. The second kappa shape index (κ2) is 8.25. The number of ether oxygens (including phenoxy) is 1. The van der Waals surface area contributed by atoms with Gasteiger partial charge in [0.2, 0.25) is 0 Å². The van der Waals surface area contributed by atoms with E-state index in [1.807, 2.05) is 6.07 Å². The molecule has 2 heteroatoms. The van der Waals surface area contributed by atoms with Crippen molar-refractivity contribution in [3.8, 4) is 0 Å². The van der Waals surface area contributed by atoms with Crippen molar-refractivity contribution in [2.24, 2.45) is 0 Å². The number of benzene rings is 2. The van der Waals surface area contributed by atoms with Gasteiger partial charge in [-0.25, -0.2) is 0 Å². The summed E-state index contributed by atoms with van der Waals surface area (Å²) in [6, 6.07) is 19.3. The van der Waals surface area contributed by atoms with E-state index in [9.17, 15) is 4.79 Å². The van der Waals surface area contributed by atoms with Crippen molar-refractivity contribution in [1.29, 1.82) is 0 Å². The highest BCUT2D eigenvalue weighted by Gasteiger charge is 2.34. The number of hydrogen-bond acceptors (Lipinski definition) is 2. The molecule has 0 bridgehead atoms. The number of aldehydes is 1. The van der Waals surface area contributed by atoms with Gasteiger partial charge in [-0.3, -0.25) is 0 Å². The Morgan fingerprint density at radius 3 is 2.17 bits per heavy atom. The van der Waals surface area contributed by atoms with Crippen LogP contribution in [0.1, 0.15) is 55.2 Å². The van der Waals surface area contributed by atoms with Crippen LogP contribution in [0.25, 0.3) is 0 Å². The molecule has 1 aliphatic carbocycles. The molecule has 0 amide bonds. The monoisotopic (exact) mass is 322 g/mol. The van der Waals surface area contributed by atoms with Gasteiger partial charge in [0, 0.05) is 6.42 Å². The van der Waals surface area contributed by atoms with Crippen LogP contribution in [-0.2, 0) is 22.6 Å². The quantitative estimate of drug-likeness (QED) is 0.633. The highest BCUT2D eigenvalue weighted by Crippen LogP contribution is 2.37. The molecule has 126 valence electrons. The third kappa shape index (κ3) is 4.55. The lowest BCUT2D eigenvalue weighted by atomic mass is 9.95. The minimum Gasteiger partial charge on any atom is -0.370 e. The lowest BCUT2D eigenvalue weighted by Crippen LogP contribution is -2.28. The Morgan fingerprint density at radius 1 is 0.875 bits per heavy atom. The van der Waals surface area contributed by atoms with Crippen LogP contribution < -0.4 is 0 Å². The summed E-state index contributed by atoms with van der Waals surface area (Å²) in [5, 5.41) is 0. The highest BCUT2D eigenvalue weighted by molar-refractivity contribution is 5.49. The molecule has 3 rings (SSSR count). The van der Waals surface area contributed by atoms with E-state index in [4.69, 9.17) is 4.74 Å². The molecular formula is C22H26O2. The summed E-state index contributed by atoms with van der Waals surface area (Å²) in [7, 11) is 0. The first kappa shape index (κ1) is 16.9. The smallest absolute Gasteiger partial charge is 0.120 e. The Bertz CT molecular complexity index is 625. The second-order valence-electron chi connectivity index (χ2n) is 6.86. The van der Waals surface area contributed by atoms with Crippen molar-refractivity contribution in [2.45, 2.75) is 57.2 Å². The zero-order valence-electron chi connectivity index (χ0n) is 14.2. The zero-order chi connectivity index (χ0) is 16.7. The molecule has 0 atom stereocenters. The van der Waals surface area contributed by atoms with Crippen LogP contribution >= 0.6 is 0 Å². The topological polar surface area (TPSA) is 26.3 Å². The largest absolute Gasteiger partial charge is 0.370 e. The van der Waals surface area contributed by atoms with E-state index >= 15 is 0 Å². The zero-order valence-corrected chi connectivity index (χ0v) is 14.2. The van der Waals surface area contributed by atoms with Gasteiger partial charge in [0.25, 0.3) is 0 Å². The summed E-state index contributed by atoms with van der Waals surface area (Å²) in [4.78, 5) is 10.7. The number of carbonyl (C=O) groups is 1. The summed E-state index contributed by atoms with van der Waals surface area (Å²) >= 11 is 0. The van der Waals surface area contributed by atoms with Gasteiger partial charge in [0.15, 0.2) is 0 Å². The van der Waals surface area contributed by atoms with Gasteiger partial charge in [-0.2, -0.15) is 0 Å². The second-order valence-corrected chi connectivity index (χ2v) is 6.86. The van der Waals surface area contributed by atoms with Gasteiger partial charge < -0.3 is 9.53 Å². The van der Waals surface area contributed by atoms with E-state index in [0.717, 1.165) is 32.0 Å². The average molecular weight is 322 g/mol. The molecule has 0 heterocycles. The SMILES string of the molecule is O=CCCC1(OCc2ccc(Cc3ccccc3)cc2)CCCC1. The lowest BCUT2D eigenvalue weighted by Gasteiger charge is -2.29. The van der Waals surface area contributed by atoms with Crippen LogP contribution in [0.5, 0.6) is 0 Å². The van der Waals surface area contributed by atoms with Crippen LogP contribution in [-0.4, -0.2) is 11.9 Å². The van der Waals surface area contributed by atoms with Crippen molar-refractivity contribution in [3.05, 3.63) is 71.3 Å². The molecule has 0 aliphatic heterocycles. The lowest BCUT2D eigenvalue weighted by molar-refractivity contribution is -0.110. The molecule has 1 fully saturated rings. The van der Waals surface area contributed by atoms with E-state index in [0.29, 0.717) is 13.0 Å². The Hall–Kier alpha value is -1.93. The fourth-order valence-electron chi connectivity index (χ4n) is 3.63.